The number of nitrogens with one attached hydrogen (secondary N) is 2. The molecule has 0 aliphatic carbocycles. The van der Waals surface area contributed by atoms with Gasteiger partial charge in [0.05, 0.1) is 18.4 Å². The van der Waals surface area contributed by atoms with Crippen LogP contribution in [0.5, 0.6) is 0 Å². The number of hydrogen-bond donors (Lipinski definition) is 2. The summed E-state index contributed by atoms with van der Waals surface area (Å²) >= 11 is 0. The number of aryl methyl sites for hydroxylation is 1. The van der Waals surface area contributed by atoms with Gasteiger partial charge in [0.1, 0.15) is 5.69 Å². The minimum absolute atomic E-state index is 0.218. The van der Waals surface area contributed by atoms with Gasteiger partial charge in [-0.3, -0.25) is 4.79 Å². The Labute approximate surface area is 139 Å². The van der Waals surface area contributed by atoms with E-state index >= 15 is 0 Å². The van der Waals surface area contributed by atoms with Gasteiger partial charge in [-0.1, -0.05) is 18.2 Å². The second kappa shape index (κ2) is 7.87. The smallest absolute Gasteiger partial charge is 0.339 e. The molecule has 24 heavy (non-hydrogen) atoms. The Morgan fingerprint density at radius 2 is 2.04 bits per heavy atom. The molecule has 0 atom stereocenters. The van der Waals surface area contributed by atoms with Gasteiger partial charge in [0.15, 0.2) is 0 Å². The van der Waals surface area contributed by atoms with Crippen LogP contribution in [0.15, 0.2) is 43.0 Å². The molecule has 0 saturated heterocycles. The fourth-order valence-electron chi connectivity index (χ4n) is 2.00. The third kappa shape index (κ3) is 4.16. The van der Waals surface area contributed by atoms with E-state index in [1.807, 2.05) is 0 Å². The van der Waals surface area contributed by atoms with Crippen molar-refractivity contribution in [3.05, 3.63) is 59.9 Å². The molecule has 0 spiro atoms. The van der Waals surface area contributed by atoms with Gasteiger partial charge in [-0.05, 0) is 25.1 Å². The van der Waals surface area contributed by atoms with E-state index in [0.29, 0.717) is 23.5 Å². The number of carbonyl (C=O) groups is 2. The van der Waals surface area contributed by atoms with Crippen LogP contribution in [0.2, 0.25) is 0 Å². The molecule has 1 heterocycles. The number of nitrogens with zero attached hydrogens (tertiary/aromatic N) is 2. The van der Waals surface area contributed by atoms with Crippen molar-refractivity contribution >= 4 is 23.5 Å². The Kier molecular flexibility index (Phi) is 5.62. The van der Waals surface area contributed by atoms with Crippen LogP contribution in [0, 0.1) is 6.92 Å². The van der Waals surface area contributed by atoms with E-state index in [1.165, 1.54) is 7.11 Å². The van der Waals surface area contributed by atoms with Crippen LogP contribution >= 0.6 is 0 Å². The lowest BCUT2D eigenvalue weighted by molar-refractivity contribution is 0.0601. The highest BCUT2D eigenvalue weighted by Gasteiger charge is 2.14. The second-order valence-electron chi connectivity index (χ2n) is 4.88. The molecule has 0 radical (unpaired) electrons. The molecule has 7 nitrogen and oxygen atoms in total. The van der Waals surface area contributed by atoms with Gasteiger partial charge in [0, 0.05) is 12.2 Å². The number of anilines is 2. The summed E-state index contributed by atoms with van der Waals surface area (Å²) in [7, 11) is 1.31. The number of hydrogen-bond acceptors (Lipinski definition) is 6. The first kappa shape index (κ1) is 17.1. The van der Waals surface area contributed by atoms with E-state index < -0.39 is 5.97 Å². The van der Waals surface area contributed by atoms with Crippen LogP contribution in [0.3, 0.4) is 0 Å². The number of rotatable bonds is 6. The van der Waals surface area contributed by atoms with E-state index in [0.717, 1.165) is 0 Å². The van der Waals surface area contributed by atoms with Crippen molar-refractivity contribution in [1.29, 1.82) is 0 Å². The average Bonchev–Trinajstić information content (AvgIpc) is 2.59. The Bertz CT molecular complexity index is 774. The van der Waals surface area contributed by atoms with Crippen molar-refractivity contribution in [3.63, 3.8) is 0 Å². The van der Waals surface area contributed by atoms with Crippen molar-refractivity contribution in [2.24, 2.45) is 0 Å². The molecular weight excluding hydrogens is 308 g/mol. The van der Waals surface area contributed by atoms with E-state index in [1.54, 1.807) is 43.3 Å². The maximum atomic E-state index is 12.0. The molecule has 0 aliphatic rings. The molecule has 7 heteroatoms. The molecule has 1 amide bonds. The van der Waals surface area contributed by atoms with Crippen LogP contribution < -0.4 is 10.6 Å². The summed E-state index contributed by atoms with van der Waals surface area (Å²) < 4.78 is 4.75. The molecule has 124 valence electrons. The number of para-hydroxylation sites is 1. The van der Waals surface area contributed by atoms with E-state index in [2.05, 4.69) is 27.2 Å². The summed E-state index contributed by atoms with van der Waals surface area (Å²) in [5.41, 5.74) is 1.68. The van der Waals surface area contributed by atoms with Crippen molar-refractivity contribution in [2.45, 2.75) is 6.92 Å². The minimum atomic E-state index is -0.477. The lowest BCUT2D eigenvalue weighted by Gasteiger charge is -2.11. The summed E-state index contributed by atoms with van der Waals surface area (Å²) in [6.07, 6.45) is 1.58. The highest BCUT2D eigenvalue weighted by atomic mass is 16.5. The normalized spacial score (nSPS) is 9.92. The van der Waals surface area contributed by atoms with Gasteiger partial charge in [-0.15, -0.1) is 6.58 Å². The zero-order valence-electron chi connectivity index (χ0n) is 13.5. The molecule has 0 aliphatic heterocycles. The van der Waals surface area contributed by atoms with Gasteiger partial charge in [0.25, 0.3) is 5.91 Å². The number of methoxy groups -OCH3 is 1. The molecule has 2 aromatic rings. The van der Waals surface area contributed by atoms with Crippen LogP contribution in [-0.4, -0.2) is 35.5 Å². The fraction of sp³-hybridized carbons (Fsp3) is 0.176. The quantitative estimate of drug-likeness (QED) is 0.624. The first-order valence-corrected chi connectivity index (χ1v) is 7.24. The average molecular weight is 326 g/mol. The molecule has 0 unspecified atom stereocenters. The molecule has 0 fully saturated rings. The van der Waals surface area contributed by atoms with Crippen molar-refractivity contribution < 1.29 is 14.3 Å². The molecule has 1 aromatic heterocycles. The summed E-state index contributed by atoms with van der Waals surface area (Å²) in [6.45, 7) is 5.64. The Hall–Kier alpha value is -3.22. The number of ether oxygens (including phenoxy) is 1. The molecule has 1 aromatic carbocycles. The van der Waals surface area contributed by atoms with Crippen molar-refractivity contribution in [3.8, 4) is 0 Å². The second-order valence-corrected chi connectivity index (χ2v) is 4.88. The molecule has 0 saturated carbocycles. The van der Waals surface area contributed by atoms with E-state index in [-0.39, 0.29) is 17.5 Å². The fourth-order valence-corrected chi connectivity index (χ4v) is 2.00. The van der Waals surface area contributed by atoms with E-state index in [4.69, 9.17) is 4.74 Å². The van der Waals surface area contributed by atoms with Crippen LogP contribution in [0.4, 0.5) is 11.6 Å². The topological polar surface area (TPSA) is 93.2 Å². The Morgan fingerprint density at radius 3 is 2.75 bits per heavy atom. The monoisotopic (exact) mass is 326 g/mol. The molecule has 2 N–H and O–H groups in total. The minimum Gasteiger partial charge on any atom is -0.465 e. The summed E-state index contributed by atoms with van der Waals surface area (Å²) in [4.78, 5) is 32.3. The van der Waals surface area contributed by atoms with Gasteiger partial charge in [-0.25, -0.2) is 14.8 Å². The first-order valence-electron chi connectivity index (χ1n) is 7.24. The zero-order valence-corrected chi connectivity index (χ0v) is 13.5. The van der Waals surface area contributed by atoms with Crippen LogP contribution in [-0.2, 0) is 4.74 Å². The van der Waals surface area contributed by atoms with Crippen molar-refractivity contribution in [1.82, 2.24) is 15.3 Å². The number of amides is 1. The maximum absolute atomic E-state index is 12.0. The Morgan fingerprint density at radius 1 is 1.29 bits per heavy atom. The molecule has 0 bridgehead atoms. The highest BCUT2D eigenvalue weighted by Crippen LogP contribution is 2.20. The predicted molar refractivity (Wildman–Crippen MR) is 90.4 cm³/mol. The van der Waals surface area contributed by atoms with Crippen molar-refractivity contribution in [2.75, 3.05) is 19.0 Å². The molecule has 2 rings (SSSR count). The largest absolute Gasteiger partial charge is 0.465 e. The third-order valence-electron chi connectivity index (χ3n) is 3.07. The zero-order chi connectivity index (χ0) is 17.5. The lowest BCUT2D eigenvalue weighted by atomic mass is 10.2. The summed E-state index contributed by atoms with van der Waals surface area (Å²) in [6, 6.07) is 8.40. The highest BCUT2D eigenvalue weighted by molar-refractivity contribution is 5.96. The lowest BCUT2D eigenvalue weighted by Crippen LogP contribution is -2.24. The maximum Gasteiger partial charge on any atom is 0.339 e. The predicted octanol–water partition coefficient (Wildman–Crippen LogP) is 2.23. The van der Waals surface area contributed by atoms with Gasteiger partial charge in [0.2, 0.25) is 5.95 Å². The third-order valence-corrected chi connectivity index (χ3v) is 3.07. The summed E-state index contributed by atoms with van der Waals surface area (Å²) in [5, 5.41) is 5.61. The Balaban J connectivity index is 2.31. The van der Waals surface area contributed by atoms with E-state index in [9.17, 15) is 9.59 Å². The number of benzene rings is 1. The summed E-state index contributed by atoms with van der Waals surface area (Å²) in [5.74, 6) is -0.588. The van der Waals surface area contributed by atoms with Crippen LogP contribution in [0.1, 0.15) is 26.5 Å². The first-order chi connectivity index (χ1) is 11.5. The van der Waals surface area contributed by atoms with Gasteiger partial charge in [-0.2, -0.15) is 0 Å². The number of aromatic nitrogens is 2. The van der Waals surface area contributed by atoms with Crippen LogP contribution in [0.25, 0.3) is 0 Å². The van der Waals surface area contributed by atoms with Gasteiger partial charge < -0.3 is 15.4 Å². The number of esters is 1. The standard InChI is InChI=1S/C17H18N4O3/c1-4-9-18-15(22)14-10-11(2)19-17(21-14)20-13-8-6-5-7-12(13)16(23)24-3/h4-8,10H,1,9H2,2-3H3,(H,18,22)(H,19,20,21). The molecular formula is C17H18N4O3. The van der Waals surface area contributed by atoms with Gasteiger partial charge >= 0.3 is 5.97 Å². The SMILES string of the molecule is C=CCNC(=O)c1cc(C)nc(Nc2ccccc2C(=O)OC)n1. The number of carbonyl (C=O) groups excluding carboxylic acids is 2.